The average Bonchev–Trinajstić information content (AvgIpc) is 3.16. The third kappa shape index (κ3) is 3.88. The highest BCUT2D eigenvalue weighted by Crippen LogP contribution is 2.20. The summed E-state index contributed by atoms with van der Waals surface area (Å²) in [5.41, 5.74) is 0.983. The number of aliphatic imine (C=N–C) groups is 2. The molecule has 28 heavy (non-hydrogen) atoms. The molecule has 3 aliphatic rings. The minimum atomic E-state index is 0.158. The largest absolute Gasteiger partial charge is 0.497 e. The normalized spacial score (nSPS) is 21.4. The number of amides is 1. The Morgan fingerprint density at radius 1 is 1.25 bits per heavy atom. The monoisotopic (exact) mass is 381 g/mol. The highest BCUT2D eigenvalue weighted by atomic mass is 16.5. The van der Waals surface area contributed by atoms with E-state index in [1.165, 1.54) is 0 Å². The Morgan fingerprint density at radius 2 is 2.07 bits per heavy atom. The Morgan fingerprint density at radius 3 is 2.82 bits per heavy atom. The first-order valence-electron chi connectivity index (χ1n) is 9.92. The van der Waals surface area contributed by atoms with Gasteiger partial charge in [0.25, 0.3) is 0 Å². The van der Waals surface area contributed by atoms with Crippen LogP contribution in [0.5, 0.6) is 5.75 Å². The number of methoxy groups -OCH3 is 1. The maximum Gasteiger partial charge on any atom is 0.227 e. The second kappa shape index (κ2) is 8.04. The van der Waals surface area contributed by atoms with Crippen molar-refractivity contribution in [3.63, 3.8) is 0 Å². The van der Waals surface area contributed by atoms with E-state index in [1.54, 1.807) is 7.11 Å². The lowest BCUT2D eigenvalue weighted by Crippen LogP contribution is -2.49. The molecule has 0 spiro atoms. The number of fused-ring (bicyclic) bond motifs is 1. The first kappa shape index (κ1) is 18.5. The second-order valence-electron chi connectivity index (χ2n) is 7.34. The van der Waals surface area contributed by atoms with Crippen molar-refractivity contribution in [2.75, 3.05) is 39.8 Å². The molecule has 1 atom stereocenters. The molecule has 1 saturated heterocycles. The number of ether oxygens (including phenoxy) is 1. The number of benzene rings is 1. The van der Waals surface area contributed by atoms with Gasteiger partial charge >= 0.3 is 0 Å². The van der Waals surface area contributed by atoms with Crippen molar-refractivity contribution < 1.29 is 9.53 Å². The van der Waals surface area contributed by atoms with Crippen molar-refractivity contribution in [1.29, 1.82) is 0 Å². The average molecular weight is 381 g/mol. The molecule has 148 valence electrons. The van der Waals surface area contributed by atoms with Gasteiger partial charge in [0.15, 0.2) is 0 Å². The summed E-state index contributed by atoms with van der Waals surface area (Å²) in [7, 11) is 1.64. The molecule has 4 rings (SSSR count). The van der Waals surface area contributed by atoms with Gasteiger partial charge < -0.3 is 19.4 Å². The summed E-state index contributed by atoms with van der Waals surface area (Å²) in [6.07, 6.45) is 5.42. The van der Waals surface area contributed by atoms with Crippen LogP contribution >= 0.6 is 0 Å². The molecule has 0 saturated carbocycles. The number of piperazine rings is 1. The molecule has 1 aromatic rings. The Bertz CT molecular complexity index is 824. The van der Waals surface area contributed by atoms with Crippen LogP contribution in [0.25, 0.3) is 0 Å². The fourth-order valence-corrected chi connectivity index (χ4v) is 3.78. The van der Waals surface area contributed by atoms with Gasteiger partial charge in [0, 0.05) is 38.8 Å². The summed E-state index contributed by atoms with van der Waals surface area (Å²) in [5, 5.41) is 0. The van der Waals surface area contributed by atoms with Gasteiger partial charge in [-0.05, 0) is 24.1 Å². The number of nitrogens with zero attached hydrogens (tertiary/aromatic N) is 5. The Hall–Kier alpha value is -2.83. The summed E-state index contributed by atoms with van der Waals surface area (Å²) >= 11 is 0. The Kier molecular flexibility index (Phi) is 5.32. The molecule has 0 aromatic heterocycles. The quantitative estimate of drug-likeness (QED) is 0.780. The number of amidine groups is 1. The maximum atomic E-state index is 12.7. The van der Waals surface area contributed by atoms with Gasteiger partial charge in [-0.3, -0.25) is 9.79 Å². The summed E-state index contributed by atoms with van der Waals surface area (Å²) in [5.74, 6) is 2.90. The fourth-order valence-electron chi connectivity index (χ4n) is 3.78. The van der Waals surface area contributed by atoms with Gasteiger partial charge in [-0.25, -0.2) is 4.99 Å². The van der Waals surface area contributed by atoms with Crippen LogP contribution in [0.15, 0.2) is 46.1 Å². The molecule has 1 unspecified atom stereocenters. The van der Waals surface area contributed by atoms with Crippen LogP contribution < -0.4 is 4.74 Å². The van der Waals surface area contributed by atoms with Gasteiger partial charge in [-0.1, -0.05) is 19.1 Å². The molecule has 0 N–H and O–H groups in total. The van der Waals surface area contributed by atoms with E-state index in [4.69, 9.17) is 9.73 Å². The van der Waals surface area contributed by atoms with E-state index in [0.29, 0.717) is 25.6 Å². The van der Waals surface area contributed by atoms with Crippen LogP contribution in [0, 0.1) is 0 Å². The maximum absolute atomic E-state index is 12.7. The van der Waals surface area contributed by atoms with Crippen molar-refractivity contribution >= 4 is 18.1 Å². The van der Waals surface area contributed by atoms with Crippen LogP contribution in [0.3, 0.4) is 0 Å². The zero-order valence-corrected chi connectivity index (χ0v) is 16.5. The zero-order chi connectivity index (χ0) is 19.5. The summed E-state index contributed by atoms with van der Waals surface area (Å²) in [4.78, 5) is 28.3. The predicted octanol–water partition coefficient (Wildman–Crippen LogP) is 1.76. The van der Waals surface area contributed by atoms with Gasteiger partial charge in [0.1, 0.15) is 17.4 Å². The van der Waals surface area contributed by atoms with Crippen molar-refractivity contribution in [2.45, 2.75) is 25.8 Å². The number of hydrogen-bond acceptors (Lipinski definition) is 6. The van der Waals surface area contributed by atoms with E-state index in [9.17, 15) is 4.79 Å². The molecule has 7 heteroatoms. The van der Waals surface area contributed by atoms with E-state index in [2.05, 4.69) is 27.8 Å². The minimum absolute atomic E-state index is 0.158. The van der Waals surface area contributed by atoms with Crippen molar-refractivity contribution in [1.82, 2.24) is 14.7 Å². The van der Waals surface area contributed by atoms with Gasteiger partial charge in [-0.15, -0.1) is 0 Å². The Balaban J connectivity index is 1.33. The topological polar surface area (TPSA) is 60.7 Å². The lowest BCUT2D eigenvalue weighted by molar-refractivity contribution is -0.131. The molecule has 1 fully saturated rings. The Labute approximate surface area is 166 Å². The molecule has 1 aromatic carbocycles. The lowest BCUT2D eigenvalue weighted by atomic mass is 10.1. The third-order valence-corrected chi connectivity index (χ3v) is 5.52. The van der Waals surface area contributed by atoms with Gasteiger partial charge in [0.2, 0.25) is 5.91 Å². The lowest BCUT2D eigenvalue weighted by Gasteiger charge is -2.37. The number of carbonyl (C=O) groups is 1. The first-order chi connectivity index (χ1) is 13.7. The molecule has 0 bridgehead atoms. The van der Waals surface area contributed by atoms with E-state index >= 15 is 0 Å². The molecule has 1 amide bonds. The van der Waals surface area contributed by atoms with Crippen LogP contribution in [-0.4, -0.2) is 78.7 Å². The number of hydrogen-bond donors (Lipinski definition) is 0. The molecule has 0 aliphatic carbocycles. The molecule has 3 aliphatic heterocycles. The summed E-state index contributed by atoms with van der Waals surface area (Å²) < 4.78 is 5.24. The molecule has 0 radical (unpaired) electrons. The molecular weight excluding hydrogens is 354 g/mol. The van der Waals surface area contributed by atoms with Crippen molar-refractivity contribution in [3.8, 4) is 5.75 Å². The minimum Gasteiger partial charge on any atom is -0.497 e. The van der Waals surface area contributed by atoms with E-state index < -0.39 is 0 Å². The molecular formula is C21H27N5O2. The second-order valence-corrected chi connectivity index (χ2v) is 7.34. The highest BCUT2D eigenvalue weighted by molar-refractivity contribution is 6.03. The third-order valence-electron chi connectivity index (χ3n) is 5.52. The SMILES string of the molecule is CCC1CN2C=NC(N3CCN(C(=O)Cc4cccc(OC)c4)CC3)=CC2=N1. The van der Waals surface area contributed by atoms with Crippen molar-refractivity contribution in [3.05, 3.63) is 41.7 Å². The molecule has 7 nitrogen and oxygen atoms in total. The van der Waals surface area contributed by atoms with E-state index in [1.807, 2.05) is 35.5 Å². The first-order valence-corrected chi connectivity index (χ1v) is 9.92. The smallest absolute Gasteiger partial charge is 0.227 e. The van der Waals surface area contributed by atoms with Gasteiger partial charge in [-0.2, -0.15) is 0 Å². The standard InChI is InChI=1S/C21H27N5O2/c1-3-17-14-26-15-22-19(13-20(26)23-17)24-7-9-25(10-8-24)21(27)12-16-5-4-6-18(11-16)28-2/h4-6,11,13,15,17H,3,7-10,12,14H2,1-2H3. The van der Waals surface area contributed by atoms with Crippen LogP contribution in [0.1, 0.15) is 18.9 Å². The van der Waals surface area contributed by atoms with E-state index in [-0.39, 0.29) is 5.91 Å². The van der Waals surface area contributed by atoms with E-state index in [0.717, 1.165) is 49.0 Å². The molecule has 3 heterocycles. The fraction of sp³-hybridized carbons (Fsp3) is 0.476. The van der Waals surface area contributed by atoms with Crippen LogP contribution in [-0.2, 0) is 11.2 Å². The zero-order valence-electron chi connectivity index (χ0n) is 16.5. The summed E-state index contributed by atoms with van der Waals surface area (Å²) in [6, 6.07) is 8.07. The van der Waals surface area contributed by atoms with Crippen LogP contribution in [0.2, 0.25) is 0 Å². The van der Waals surface area contributed by atoms with Crippen LogP contribution in [0.4, 0.5) is 0 Å². The van der Waals surface area contributed by atoms with Crippen molar-refractivity contribution in [2.24, 2.45) is 9.98 Å². The number of carbonyl (C=O) groups excluding carboxylic acids is 1. The predicted molar refractivity (Wildman–Crippen MR) is 110 cm³/mol. The number of rotatable bonds is 5. The highest BCUT2D eigenvalue weighted by Gasteiger charge is 2.27. The van der Waals surface area contributed by atoms with Gasteiger partial charge in [0.05, 0.1) is 25.9 Å². The summed E-state index contributed by atoms with van der Waals surface area (Å²) in [6.45, 7) is 6.09.